The monoisotopic (exact) mass is 431 g/mol. The zero-order valence-corrected chi connectivity index (χ0v) is 17.3. The summed E-state index contributed by atoms with van der Waals surface area (Å²) in [5, 5.41) is 10.8. The molecule has 0 aliphatic carbocycles. The van der Waals surface area contributed by atoms with Crippen LogP contribution >= 0.6 is 24.0 Å². The van der Waals surface area contributed by atoms with Crippen molar-refractivity contribution >= 4 is 51.0 Å². The number of rotatable bonds is 8. The minimum atomic E-state index is -0.521. The summed E-state index contributed by atoms with van der Waals surface area (Å²) in [6.45, 7) is 3.27. The van der Waals surface area contributed by atoms with Crippen molar-refractivity contribution in [3.05, 3.63) is 55.1 Å². The lowest BCUT2D eigenvalue weighted by atomic mass is 9.95. The minimum absolute atomic E-state index is 0.0847. The first-order valence-electron chi connectivity index (χ1n) is 9.09. The lowest BCUT2D eigenvalue weighted by Crippen LogP contribution is -2.61. The van der Waals surface area contributed by atoms with Crippen LogP contribution < -0.4 is 4.74 Å². The largest absolute Gasteiger partial charge is 0.460 e. The molecule has 0 bridgehead atoms. The van der Waals surface area contributed by atoms with Crippen LogP contribution in [0, 0.1) is 5.92 Å². The molecular weight excluding hydrogens is 410 g/mol. The Morgan fingerprint density at radius 3 is 2.79 bits per heavy atom. The van der Waals surface area contributed by atoms with Crippen LogP contribution in [0.1, 0.15) is 6.42 Å². The normalized spacial score (nSPS) is 18.2. The van der Waals surface area contributed by atoms with Gasteiger partial charge in [-0.3, -0.25) is 9.59 Å². The topological polar surface area (TPSA) is 76.1 Å². The summed E-state index contributed by atoms with van der Waals surface area (Å²) in [4.78, 5) is 25.7. The number of ether oxygens (including phenoxy) is 2. The highest BCUT2D eigenvalue weighted by molar-refractivity contribution is 8.23. The third-order valence-electron chi connectivity index (χ3n) is 4.51. The first-order valence-corrected chi connectivity index (χ1v) is 10.4. The summed E-state index contributed by atoms with van der Waals surface area (Å²) in [7, 11) is 0. The second-order valence-corrected chi connectivity index (χ2v) is 8.11. The molecule has 0 radical (unpaired) electrons. The van der Waals surface area contributed by atoms with E-state index in [-0.39, 0.29) is 30.0 Å². The quantitative estimate of drug-likeness (QED) is 0.298. The number of carbonyl (C=O) groups is 2. The average Bonchev–Trinajstić information content (AvgIpc) is 2.73. The number of β-lactam (4-membered cyclic amide) rings is 1. The van der Waals surface area contributed by atoms with Crippen LogP contribution in [0.2, 0.25) is 0 Å². The molecule has 2 atom stereocenters. The number of thioether (sulfide) groups is 1. The van der Waals surface area contributed by atoms with Crippen molar-refractivity contribution < 1.29 is 24.2 Å². The molecule has 2 aromatic carbocycles. The Morgan fingerprint density at radius 2 is 2.03 bits per heavy atom. The molecule has 0 saturated carbocycles. The highest BCUT2D eigenvalue weighted by Crippen LogP contribution is 2.38. The third kappa shape index (κ3) is 4.95. The summed E-state index contributed by atoms with van der Waals surface area (Å²) >= 11 is 6.59. The highest BCUT2D eigenvalue weighted by Gasteiger charge is 2.48. The number of fused-ring (bicyclic) bond motifs is 1. The van der Waals surface area contributed by atoms with Crippen LogP contribution in [0.4, 0.5) is 0 Å². The zero-order valence-electron chi connectivity index (χ0n) is 15.7. The second-order valence-electron chi connectivity index (χ2n) is 6.39. The Kier molecular flexibility index (Phi) is 7.24. The molecule has 6 nitrogen and oxygen atoms in total. The first-order chi connectivity index (χ1) is 14.0. The molecule has 1 heterocycles. The Hall–Kier alpha value is -2.42. The second kappa shape index (κ2) is 9.87. The summed E-state index contributed by atoms with van der Waals surface area (Å²) in [6, 6.07) is 13.5. The van der Waals surface area contributed by atoms with E-state index < -0.39 is 17.3 Å². The summed E-state index contributed by atoms with van der Waals surface area (Å²) < 4.78 is 11.1. The van der Waals surface area contributed by atoms with Gasteiger partial charge in [0.1, 0.15) is 18.9 Å². The lowest BCUT2D eigenvalue weighted by Gasteiger charge is -2.45. The van der Waals surface area contributed by atoms with Gasteiger partial charge < -0.3 is 19.5 Å². The Morgan fingerprint density at radius 1 is 1.28 bits per heavy atom. The minimum Gasteiger partial charge on any atom is -0.460 e. The van der Waals surface area contributed by atoms with Crippen molar-refractivity contribution in [3.63, 3.8) is 0 Å². The van der Waals surface area contributed by atoms with Crippen LogP contribution in [-0.2, 0) is 14.3 Å². The molecule has 3 rings (SSSR count). The van der Waals surface area contributed by atoms with Crippen molar-refractivity contribution in [3.8, 4) is 5.75 Å². The van der Waals surface area contributed by atoms with Crippen molar-refractivity contribution in [1.82, 2.24) is 4.90 Å². The number of aliphatic hydroxyl groups is 1. The van der Waals surface area contributed by atoms with Gasteiger partial charge in [0.15, 0.2) is 0 Å². The smallest absolute Gasteiger partial charge is 0.325 e. The third-order valence-corrected chi connectivity index (χ3v) is 5.99. The number of thiocarbonyl (C=S) groups is 1. The maximum absolute atomic E-state index is 12.4. The van der Waals surface area contributed by atoms with E-state index in [9.17, 15) is 14.7 Å². The van der Waals surface area contributed by atoms with Gasteiger partial charge in [0, 0.05) is 12.0 Å². The fraction of sp³-hybridized carbons (Fsp3) is 0.286. The van der Waals surface area contributed by atoms with E-state index in [1.165, 1.54) is 22.7 Å². The van der Waals surface area contributed by atoms with Crippen LogP contribution in [-0.4, -0.2) is 51.4 Å². The Bertz CT molecular complexity index is 927. The van der Waals surface area contributed by atoms with E-state index in [0.717, 1.165) is 10.8 Å². The summed E-state index contributed by atoms with van der Waals surface area (Å²) in [6.07, 6.45) is 1.76. The van der Waals surface area contributed by atoms with Crippen molar-refractivity contribution in [2.24, 2.45) is 5.92 Å². The van der Waals surface area contributed by atoms with Crippen LogP contribution in [0.3, 0.4) is 0 Å². The van der Waals surface area contributed by atoms with Crippen molar-refractivity contribution in [2.45, 2.75) is 11.8 Å². The molecule has 1 N–H and O–H groups in total. The number of esters is 1. The molecule has 1 aliphatic rings. The van der Waals surface area contributed by atoms with Crippen LogP contribution in [0.15, 0.2) is 55.1 Å². The number of benzene rings is 2. The van der Waals surface area contributed by atoms with E-state index in [4.69, 9.17) is 21.7 Å². The molecule has 2 aromatic rings. The number of likely N-dealkylation sites (tertiary alicyclic amines) is 1. The van der Waals surface area contributed by atoms with Gasteiger partial charge in [-0.15, -0.1) is 0 Å². The number of nitrogens with zero attached hydrogens (tertiary/aromatic N) is 1. The molecule has 8 heteroatoms. The fourth-order valence-electron chi connectivity index (χ4n) is 3.15. The lowest BCUT2D eigenvalue weighted by molar-refractivity contribution is -0.160. The number of aliphatic hydroxyl groups excluding tert-OH is 1. The number of carbonyl (C=O) groups excluding carboxylic acids is 2. The molecule has 1 fully saturated rings. The molecule has 1 aliphatic heterocycles. The van der Waals surface area contributed by atoms with E-state index in [0.29, 0.717) is 12.2 Å². The zero-order chi connectivity index (χ0) is 20.8. The molecule has 29 heavy (non-hydrogen) atoms. The van der Waals surface area contributed by atoms with Gasteiger partial charge in [0.25, 0.3) is 0 Å². The van der Waals surface area contributed by atoms with Gasteiger partial charge in [-0.25, -0.2) is 0 Å². The number of hydrogen-bond donors (Lipinski definition) is 1. The van der Waals surface area contributed by atoms with Gasteiger partial charge in [0.05, 0.1) is 11.3 Å². The van der Waals surface area contributed by atoms with Gasteiger partial charge in [0.2, 0.25) is 10.3 Å². The van der Waals surface area contributed by atoms with Crippen molar-refractivity contribution in [1.29, 1.82) is 0 Å². The maximum atomic E-state index is 12.4. The number of hydrogen-bond acceptors (Lipinski definition) is 7. The predicted molar refractivity (Wildman–Crippen MR) is 117 cm³/mol. The molecule has 1 saturated heterocycles. The molecule has 0 aromatic heterocycles. The Labute approximate surface area is 178 Å². The first kappa shape index (κ1) is 21.3. The standard InChI is InChI=1S/C21H21NO5S2/c1-2-12-26-18(24)13-22-19(25)16(10-11-23)20(22)29-21(28)27-17-9-5-7-14-6-3-4-8-15(14)17/h2-9,16,20,23H,1,10-13H2. The fourth-order valence-corrected chi connectivity index (χ4v) is 4.59. The summed E-state index contributed by atoms with van der Waals surface area (Å²) in [5.74, 6) is -0.527. The van der Waals surface area contributed by atoms with Crippen molar-refractivity contribution in [2.75, 3.05) is 19.8 Å². The van der Waals surface area contributed by atoms with Gasteiger partial charge >= 0.3 is 5.97 Å². The predicted octanol–water partition coefficient (Wildman–Crippen LogP) is 3.13. The SMILES string of the molecule is C=CCOC(=O)CN1C(=O)C(CCO)C1SC(=S)Oc1cccc2ccccc12. The average molecular weight is 432 g/mol. The van der Waals surface area contributed by atoms with E-state index in [1.807, 2.05) is 42.5 Å². The van der Waals surface area contributed by atoms with Crippen LogP contribution in [0.5, 0.6) is 5.75 Å². The maximum Gasteiger partial charge on any atom is 0.325 e. The van der Waals surface area contributed by atoms with E-state index >= 15 is 0 Å². The van der Waals surface area contributed by atoms with Crippen LogP contribution in [0.25, 0.3) is 10.8 Å². The molecule has 2 unspecified atom stereocenters. The molecule has 1 amide bonds. The van der Waals surface area contributed by atoms with E-state index in [2.05, 4.69) is 6.58 Å². The highest BCUT2D eigenvalue weighted by atomic mass is 32.2. The van der Waals surface area contributed by atoms with Gasteiger partial charge in [-0.2, -0.15) is 0 Å². The Balaban J connectivity index is 1.69. The molecular formula is C21H21NO5S2. The van der Waals surface area contributed by atoms with Gasteiger partial charge in [-0.05, 0) is 30.1 Å². The number of amides is 1. The molecule has 152 valence electrons. The van der Waals surface area contributed by atoms with Gasteiger partial charge in [-0.1, -0.05) is 60.8 Å². The summed E-state index contributed by atoms with van der Waals surface area (Å²) in [5.41, 5.74) is 0. The molecule has 0 spiro atoms. The van der Waals surface area contributed by atoms with E-state index in [1.54, 1.807) is 0 Å².